The molecule has 9 heteroatoms. The van der Waals surface area contributed by atoms with Gasteiger partial charge in [0.15, 0.2) is 0 Å². The van der Waals surface area contributed by atoms with Crippen molar-refractivity contribution < 1.29 is 19.5 Å². The largest absolute Gasteiger partial charge is 0.462 e. The smallest absolute Gasteiger partial charge is 0.338 e. The number of rotatable bonds is 8. The molecule has 4 N–H and O–H groups in total. The van der Waals surface area contributed by atoms with Gasteiger partial charge in [0.1, 0.15) is 5.84 Å². The van der Waals surface area contributed by atoms with Gasteiger partial charge in [-0.05, 0) is 80.5 Å². The molecule has 0 spiro atoms. The summed E-state index contributed by atoms with van der Waals surface area (Å²) in [6.45, 7) is 5.99. The van der Waals surface area contributed by atoms with Crippen molar-refractivity contribution in [1.82, 2.24) is 10.4 Å². The molecule has 1 heterocycles. The van der Waals surface area contributed by atoms with Gasteiger partial charge in [-0.2, -0.15) is 0 Å². The molecule has 0 atom stereocenters. The number of ether oxygens (including phenoxy) is 1. The quantitative estimate of drug-likeness (QED) is 0.107. The Bertz CT molecular complexity index is 1390. The van der Waals surface area contributed by atoms with Crippen LogP contribution in [0.15, 0.2) is 66.7 Å². The Morgan fingerprint density at radius 2 is 1.73 bits per heavy atom. The van der Waals surface area contributed by atoms with Crippen molar-refractivity contribution in [3.05, 3.63) is 94.5 Å². The summed E-state index contributed by atoms with van der Waals surface area (Å²) in [5, 5.41) is 19.8. The lowest BCUT2D eigenvalue weighted by Gasteiger charge is -2.23. The van der Waals surface area contributed by atoms with Crippen LogP contribution in [0.5, 0.6) is 0 Å². The molecular formula is C31H35N5O4. The number of hydrogen-bond acceptors (Lipinski definition) is 7. The fourth-order valence-corrected chi connectivity index (χ4v) is 4.52. The van der Waals surface area contributed by atoms with Crippen LogP contribution in [0.3, 0.4) is 0 Å². The zero-order chi connectivity index (χ0) is 28.5. The first-order valence-corrected chi connectivity index (χ1v) is 13.3. The van der Waals surface area contributed by atoms with E-state index in [1.54, 1.807) is 43.3 Å². The molecular weight excluding hydrogens is 506 g/mol. The number of carbonyl (C=O) groups excluding carboxylic acids is 2. The van der Waals surface area contributed by atoms with Gasteiger partial charge in [-0.1, -0.05) is 36.4 Å². The molecule has 4 rings (SSSR count). The number of nitrogens with one attached hydrogen (secondary N) is 3. The third-order valence-electron chi connectivity index (χ3n) is 6.77. The number of amidine groups is 1. The first-order valence-electron chi connectivity index (χ1n) is 13.3. The zero-order valence-corrected chi connectivity index (χ0v) is 22.8. The maximum atomic E-state index is 13.3. The molecule has 40 heavy (non-hydrogen) atoms. The molecule has 1 saturated heterocycles. The van der Waals surface area contributed by atoms with Crippen LogP contribution >= 0.6 is 0 Å². The molecule has 3 aromatic rings. The minimum atomic E-state index is -0.469. The van der Waals surface area contributed by atoms with Gasteiger partial charge in [-0.3, -0.25) is 20.9 Å². The van der Waals surface area contributed by atoms with Crippen LogP contribution in [0.2, 0.25) is 0 Å². The molecule has 208 valence electrons. The van der Waals surface area contributed by atoms with E-state index >= 15 is 0 Å². The molecule has 1 fully saturated rings. The summed E-state index contributed by atoms with van der Waals surface area (Å²) in [4.78, 5) is 30.3. The Kier molecular flexibility index (Phi) is 9.66. The summed E-state index contributed by atoms with van der Waals surface area (Å²) < 4.78 is 5.15. The van der Waals surface area contributed by atoms with E-state index in [0.29, 0.717) is 27.9 Å². The minimum absolute atomic E-state index is 0.115. The maximum Gasteiger partial charge on any atom is 0.338 e. The van der Waals surface area contributed by atoms with Gasteiger partial charge in [-0.25, -0.2) is 4.79 Å². The SMILES string of the molecule is CCOC(=O)c1ccc(/C=C/c2cccc(C(=N)NO)c2)c(NC(=O)c2ccc(N3CCCN(C)CC3)cc2)c1. The number of likely N-dealkylation sites (N-methyl/N-ethyl adjacent to an activating group) is 1. The highest BCUT2D eigenvalue weighted by atomic mass is 16.5. The van der Waals surface area contributed by atoms with Crippen LogP contribution in [0.25, 0.3) is 12.2 Å². The molecule has 0 aliphatic carbocycles. The molecule has 0 unspecified atom stereocenters. The average Bonchev–Trinajstić information content (AvgIpc) is 3.20. The lowest BCUT2D eigenvalue weighted by molar-refractivity contribution is 0.0526. The van der Waals surface area contributed by atoms with Crippen LogP contribution in [-0.2, 0) is 4.74 Å². The van der Waals surface area contributed by atoms with E-state index in [4.69, 9.17) is 15.4 Å². The second kappa shape index (κ2) is 13.5. The minimum Gasteiger partial charge on any atom is -0.462 e. The Hall–Kier alpha value is -4.47. The number of benzene rings is 3. The summed E-state index contributed by atoms with van der Waals surface area (Å²) in [7, 11) is 2.13. The normalized spacial score (nSPS) is 14.0. The van der Waals surface area contributed by atoms with E-state index in [1.807, 2.05) is 48.0 Å². The monoisotopic (exact) mass is 541 g/mol. The summed E-state index contributed by atoms with van der Waals surface area (Å²) in [5.74, 6) is -0.873. The molecule has 0 radical (unpaired) electrons. The van der Waals surface area contributed by atoms with Crippen LogP contribution in [0.1, 0.15) is 50.8 Å². The van der Waals surface area contributed by atoms with Crippen molar-refractivity contribution in [3.8, 4) is 0 Å². The first-order chi connectivity index (χ1) is 19.4. The van der Waals surface area contributed by atoms with Crippen molar-refractivity contribution in [2.75, 3.05) is 50.1 Å². The van der Waals surface area contributed by atoms with Gasteiger partial charge in [0.25, 0.3) is 5.91 Å². The Morgan fingerprint density at radius 3 is 2.48 bits per heavy atom. The predicted octanol–water partition coefficient (Wildman–Crippen LogP) is 4.73. The van der Waals surface area contributed by atoms with Gasteiger partial charge in [-0.15, -0.1) is 0 Å². The highest BCUT2D eigenvalue weighted by molar-refractivity contribution is 6.06. The van der Waals surface area contributed by atoms with Gasteiger partial charge in [0.2, 0.25) is 0 Å². The molecule has 0 bridgehead atoms. The summed E-state index contributed by atoms with van der Waals surface area (Å²) in [5.41, 5.74) is 6.24. The Morgan fingerprint density at radius 1 is 0.950 bits per heavy atom. The summed E-state index contributed by atoms with van der Waals surface area (Å²) >= 11 is 0. The van der Waals surface area contributed by atoms with Crippen LogP contribution in [0, 0.1) is 5.41 Å². The molecule has 0 saturated carbocycles. The number of hydroxylamine groups is 1. The van der Waals surface area contributed by atoms with E-state index < -0.39 is 5.97 Å². The second-order valence-electron chi connectivity index (χ2n) is 9.61. The zero-order valence-electron chi connectivity index (χ0n) is 22.8. The summed E-state index contributed by atoms with van der Waals surface area (Å²) in [6, 6.07) is 19.7. The number of anilines is 2. The molecule has 3 aromatic carbocycles. The van der Waals surface area contributed by atoms with Gasteiger partial charge in [0, 0.05) is 42.1 Å². The van der Waals surface area contributed by atoms with E-state index in [2.05, 4.69) is 22.2 Å². The second-order valence-corrected chi connectivity index (χ2v) is 9.61. The van der Waals surface area contributed by atoms with Crippen LogP contribution in [0.4, 0.5) is 11.4 Å². The van der Waals surface area contributed by atoms with Crippen LogP contribution in [-0.4, -0.2) is 67.7 Å². The molecule has 9 nitrogen and oxygen atoms in total. The summed E-state index contributed by atoms with van der Waals surface area (Å²) in [6.07, 6.45) is 4.74. The molecule has 1 amide bonds. The lowest BCUT2D eigenvalue weighted by Crippen LogP contribution is -2.28. The van der Waals surface area contributed by atoms with Crippen molar-refractivity contribution in [2.24, 2.45) is 0 Å². The average molecular weight is 542 g/mol. The topological polar surface area (TPSA) is 118 Å². The highest BCUT2D eigenvalue weighted by Gasteiger charge is 2.15. The standard InChI is InChI=1S/C31H35N5O4/c1-3-40-31(38)26-11-10-23(9-8-22-6-4-7-25(20-22)29(32)34-39)28(21-26)33-30(37)24-12-14-27(15-13-24)36-17-5-16-35(2)18-19-36/h4,6-15,20-21,39H,3,5,16-19H2,1-2H3,(H2,32,34)(H,33,37)/b9-8+. The lowest BCUT2D eigenvalue weighted by atomic mass is 10.0. The highest BCUT2D eigenvalue weighted by Crippen LogP contribution is 2.24. The van der Waals surface area contributed by atoms with Gasteiger partial charge >= 0.3 is 5.97 Å². The van der Waals surface area contributed by atoms with E-state index in [9.17, 15) is 9.59 Å². The number of hydrogen-bond donors (Lipinski definition) is 4. The molecule has 1 aliphatic rings. The van der Waals surface area contributed by atoms with Crippen molar-refractivity contribution in [2.45, 2.75) is 13.3 Å². The van der Waals surface area contributed by atoms with Crippen molar-refractivity contribution >= 4 is 41.2 Å². The van der Waals surface area contributed by atoms with Crippen molar-refractivity contribution in [3.63, 3.8) is 0 Å². The molecule has 0 aromatic heterocycles. The van der Waals surface area contributed by atoms with E-state index in [1.165, 1.54) is 0 Å². The predicted molar refractivity (Wildman–Crippen MR) is 158 cm³/mol. The van der Waals surface area contributed by atoms with Gasteiger partial charge in [0.05, 0.1) is 12.2 Å². The fraction of sp³-hybridized carbons (Fsp3) is 0.258. The fourth-order valence-electron chi connectivity index (χ4n) is 4.52. The Balaban J connectivity index is 1.56. The van der Waals surface area contributed by atoms with E-state index in [0.717, 1.165) is 43.9 Å². The van der Waals surface area contributed by atoms with E-state index in [-0.39, 0.29) is 18.3 Å². The maximum absolute atomic E-state index is 13.3. The first kappa shape index (κ1) is 28.5. The van der Waals surface area contributed by atoms with Crippen LogP contribution < -0.4 is 15.7 Å². The third kappa shape index (κ3) is 7.34. The number of carbonyl (C=O) groups is 2. The Labute approximate surface area is 234 Å². The van der Waals surface area contributed by atoms with Gasteiger partial charge < -0.3 is 19.9 Å². The molecule has 1 aliphatic heterocycles. The third-order valence-corrected chi connectivity index (χ3v) is 6.77. The number of amides is 1. The number of esters is 1. The number of nitrogens with zero attached hydrogens (tertiary/aromatic N) is 2. The van der Waals surface area contributed by atoms with Crippen molar-refractivity contribution in [1.29, 1.82) is 5.41 Å².